The number of nitrogens with zero attached hydrogens (tertiary/aromatic N) is 3. The second kappa shape index (κ2) is 5.39. The standard InChI is InChI=1S/C12H12N4O4/c1-7-11(13)14-6-15-12(7)20-9-4-3-8(16(17)18)5-10(9)19-2/h3-6H,1-2H3,(H2,13,14,15). The number of nitrogens with two attached hydrogens (primary N) is 1. The molecule has 2 aromatic rings. The lowest BCUT2D eigenvalue weighted by atomic mass is 10.2. The van der Waals surface area contributed by atoms with Crippen LogP contribution in [0.4, 0.5) is 11.5 Å². The van der Waals surface area contributed by atoms with Gasteiger partial charge in [0.15, 0.2) is 11.5 Å². The number of hydrogen-bond donors (Lipinski definition) is 1. The van der Waals surface area contributed by atoms with E-state index in [0.717, 1.165) is 0 Å². The van der Waals surface area contributed by atoms with E-state index in [0.29, 0.717) is 17.1 Å². The molecule has 0 aliphatic heterocycles. The number of nitrogen functional groups attached to an aromatic ring is 1. The fraction of sp³-hybridized carbons (Fsp3) is 0.167. The molecule has 1 aromatic carbocycles. The number of nitro benzene ring substituents is 1. The molecule has 1 heterocycles. The highest BCUT2D eigenvalue weighted by molar-refractivity contribution is 5.51. The van der Waals surface area contributed by atoms with Gasteiger partial charge in [-0.25, -0.2) is 9.97 Å². The van der Waals surface area contributed by atoms with Crippen molar-refractivity contribution >= 4 is 11.5 Å². The summed E-state index contributed by atoms with van der Waals surface area (Å²) in [5, 5.41) is 10.7. The highest BCUT2D eigenvalue weighted by atomic mass is 16.6. The van der Waals surface area contributed by atoms with Crippen molar-refractivity contribution in [1.82, 2.24) is 9.97 Å². The molecular formula is C12H12N4O4. The van der Waals surface area contributed by atoms with Crippen molar-refractivity contribution in [3.8, 4) is 17.4 Å². The Labute approximate surface area is 114 Å². The number of benzene rings is 1. The summed E-state index contributed by atoms with van der Waals surface area (Å²) >= 11 is 0. The van der Waals surface area contributed by atoms with Gasteiger partial charge in [0.05, 0.1) is 23.7 Å². The average molecular weight is 276 g/mol. The topological polar surface area (TPSA) is 113 Å². The fourth-order valence-electron chi connectivity index (χ4n) is 1.51. The van der Waals surface area contributed by atoms with E-state index in [9.17, 15) is 10.1 Å². The minimum absolute atomic E-state index is 0.0897. The molecule has 20 heavy (non-hydrogen) atoms. The van der Waals surface area contributed by atoms with Crippen molar-refractivity contribution < 1.29 is 14.4 Å². The molecule has 0 amide bonds. The summed E-state index contributed by atoms with van der Waals surface area (Å²) in [4.78, 5) is 18.0. The summed E-state index contributed by atoms with van der Waals surface area (Å²) in [5.41, 5.74) is 6.14. The van der Waals surface area contributed by atoms with Crippen molar-refractivity contribution in [2.45, 2.75) is 6.92 Å². The second-order valence-electron chi connectivity index (χ2n) is 3.88. The van der Waals surface area contributed by atoms with E-state index in [2.05, 4.69) is 9.97 Å². The number of hydrogen-bond acceptors (Lipinski definition) is 7. The number of nitro groups is 1. The van der Waals surface area contributed by atoms with E-state index in [4.69, 9.17) is 15.2 Å². The molecule has 0 saturated heterocycles. The first-order chi connectivity index (χ1) is 9.52. The van der Waals surface area contributed by atoms with Crippen molar-refractivity contribution in [3.05, 3.63) is 40.2 Å². The summed E-state index contributed by atoms with van der Waals surface area (Å²) in [5.74, 6) is 1.11. The highest BCUT2D eigenvalue weighted by Gasteiger charge is 2.15. The Morgan fingerprint density at radius 1 is 1.30 bits per heavy atom. The lowest BCUT2D eigenvalue weighted by Gasteiger charge is -2.11. The van der Waals surface area contributed by atoms with Gasteiger partial charge in [0.1, 0.15) is 12.1 Å². The maximum Gasteiger partial charge on any atom is 0.273 e. The van der Waals surface area contributed by atoms with E-state index in [1.54, 1.807) is 6.92 Å². The first-order valence-electron chi connectivity index (χ1n) is 5.60. The molecule has 0 unspecified atom stereocenters. The van der Waals surface area contributed by atoms with Crippen LogP contribution in [0.5, 0.6) is 17.4 Å². The predicted molar refractivity (Wildman–Crippen MR) is 70.9 cm³/mol. The molecular weight excluding hydrogens is 264 g/mol. The van der Waals surface area contributed by atoms with Gasteiger partial charge in [0, 0.05) is 6.07 Å². The highest BCUT2D eigenvalue weighted by Crippen LogP contribution is 2.35. The van der Waals surface area contributed by atoms with Gasteiger partial charge < -0.3 is 15.2 Å². The Bertz CT molecular complexity index is 660. The van der Waals surface area contributed by atoms with E-state index in [1.807, 2.05) is 0 Å². The molecule has 0 aliphatic rings. The van der Waals surface area contributed by atoms with E-state index >= 15 is 0 Å². The lowest BCUT2D eigenvalue weighted by Crippen LogP contribution is -2.00. The Balaban J connectivity index is 2.38. The Hall–Kier alpha value is -2.90. The van der Waals surface area contributed by atoms with Crippen LogP contribution in [0.1, 0.15) is 5.56 Å². The molecule has 0 aliphatic carbocycles. The zero-order chi connectivity index (χ0) is 14.7. The number of rotatable bonds is 4. The van der Waals surface area contributed by atoms with Crippen LogP contribution in [-0.4, -0.2) is 22.0 Å². The van der Waals surface area contributed by atoms with Crippen molar-refractivity contribution in [2.75, 3.05) is 12.8 Å². The Kier molecular flexibility index (Phi) is 3.65. The predicted octanol–water partition coefficient (Wildman–Crippen LogP) is 2.08. The van der Waals surface area contributed by atoms with Crippen molar-refractivity contribution in [3.63, 3.8) is 0 Å². The van der Waals surface area contributed by atoms with Gasteiger partial charge in [0.25, 0.3) is 5.69 Å². The fourth-order valence-corrected chi connectivity index (χ4v) is 1.51. The van der Waals surface area contributed by atoms with Crippen LogP contribution in [0.2, 0.25) is 0 Å². The quantitative estimate of drug-likeness (QED) is 0.671. The van der Waals surface area contributed by atoms with Crippen LogP contribution < -0.4 is 15.2 Å². The van der Waals surface area contributed by atoms with Crippen LogP contribution >= 0.6 is 0 Å². The monoisotopic (exact) mass is 276 g/mol. The van der Waals surface area contributed by atoms with Crippen LogP contribution in [0.15, 0.2) is 24.5 Å². The minimum Gasteiger partial charge on any atom is -0.493 e. The number of anilines is 1. The van der Waals surface area contributed by atoms with Crippen molar-refractivity contribution in [1.29, 1.82) is 0 Å². The molecule has 8 heteroatoms. The smallest absolute Gasteiger partial charge is 0.273 e. The number of non-ortho nitro benzene ring substituents is 1. The van der Waals surface area contributed by atoms with Gasteiger partial charge >= 0.3 is 0 Å². The summed E-state index contributed by atoms with van der Waals surface area (Å²) < 4.78 is 10.6. The Morgan fingerprint density at radius 3 is 2.70 bits per heavy atom. The van der Waals surface area contributed by atoms with Gasteiger partial charge in [-0.1, -0.05) is 0 Å². The second-order valence-corrected chi connectivity index (χ2v) is 3.88. The van der Waals surface area contributed by atoms with Gasteiger partial charge in [-0.3, -0.25) is 10.1 Å². The van der Waals surface area contributed by atoms with Crippen LogP contribution in [0.25, 0.3) is 0 Å². The summed E-state index contributed by atoms with van der Waals surface area (Å²) in [7, 11) is 1.40. The maximum absolute atomic E-state index is 10.7. The minimum atomic E-state index is -0.514. The average Bonchev–Trinajstić information content (AvgIpc) is 2.44. The SMILES string of the molecule is COc1cc([N+](=O)[O-])ccc1Oc1ncnc(N)c1C. The first kappa shape index (κ1) is 13.5. The van der Waals surface area contributed by atoms with E-state index in [1.165, 1.54) is 31.6 Å². The number of aromatic nitrogens is 2. The largest absolute Gasteiger partial charge is 0.493 e. The normalized spacial score (nSPS) is 10.1. The van der Waals surface area contributed by atoms with Gasteiger partial charge in [-0.2, -0.15) is 0 Å². The molecule has 0 spiro atoms. The molecule has 0 radical (unpaired) electrons. The third-order valence-corrected chi connectivity index (χ3v) is 2.64. The van der Waals surface area contributed by atoms with Gasteiger partial charge in [-0.15, -0.1) is 0 Å². The van der Waals surface area contributed by atoms with Gasteiger partial charge in [-0.05, 0) is 13.0 Å². The summed E-state index contributed by atoms with van der Waals surface area (Å²) in [6.07, 6.45) is 1.27. The molecule has 2 N–H and O–H groups in total. The molecule has 0 fully saturated rings. The molecule has 0 atom stereocenters. The van der Waals surface area contributed by atoms with Crippen LogP contribution in [0.3, 0.4) is 0 Å². The Morgan fingerprint density at radius 2 is 2.05 bits per heavy atom. The zero-order valence-electron chi connectivity index (χ0n) is 10.9. The number of ether oxygens (including phenoxy) is 2. The third-order valence-electron chi connectivity index (χ3n) is 2.64. The van der Waals surface area contributed by atoms with E-state index in [-0.39, 0.29) is 17.3 Å². The van der Waals surface area contributed by atoms with Gasteiger partial charge in [0.2, 0.25) is 5.88 Å². The lowest BCUT2D eigenvalue weighted by molar-refractivity contribution is -0.384. The molecule has 8 nitrogen and oxygen atoms in total. The molecule has 1 aromatic heterocycles. The summed E-state index contributed by atoms with van der Waals surface area (Å²) in [6, 6.07) is 4.03. The summed E-state index contributed by atoms with van der Waals surface area (Å²) in [6.45, 7) is 1.71. The van der Waals surface area contributed by atoms with E-state index < -0.39 is 4.92 Å². The first-order valence-corrected chi connectivity index (χ1v) is 5.60. The van der Waals surface area contributed by atoms with Crippen LogP contribution in [-0.2, 0) is 0 Å². The molecule has 2 rings (SSSR count). The molecule has 0 bridgehead atoms. The zero-order valence-corrected chi connectivity index (χ0v) is 10.9. The number of methoxy groups -OCH3 is 1. The maximum atomic E-state index is 10.7. The van der Waals surface area contributed by atoms with Crippen molar-refractivity contribution in [2.24, 2.45) is 0 Å². The van der Waals surface area contributed by atoms with Crippen LogP contribution in [0, 0.1) is 17.0 Å². The molecule has 104 valence electrons. The molecule has 0 saturated carbocycles. The third kappa shape index (κ3) is 2.58.